The molecule has 0 aliphatic rings. The summed E-state index contributed by atoms with van der Waals surface area (Å²) in [5.74, 6) is 0.166. The van der Waals surface area contributed by atoms with Crippen LogP contribution in [0.25, 0.3) is 0 Å². The van der Waals surface area contributed by atoms with E-state index in [4.69, 9.17) is 39.5 Å². The number of nitrogens with one attached hydrogen (secondary N) is 1. The Hall–Kier alpha value is -1.75. The third kappa shape index (κ3) is 5.22. The lowest BCUT2D eigenvalue weighted by Crippen LogP contribution is -2.24. The minimum absolute atomic E-state index is 0.152. The molecule has 0 aromatic heterocycles. The Morgan fingerprint density at radius 3 is 2.50 bits per heavy atom. The van der Waals surface area contributed by atoms with E-state index in [1.807, 2.05) is 0 Å². The topological polar surface area (TPSA) is 50.7 Å². The molecule has 0 unspecified atom stereocenters. The predicted octanol–water partition coefficient (Wildman–Crippen LogP) is 4.18. The van der Waals surface area contributed by atoms with Crippen molar-refractivity contribution in [3.8, 4) is 5.75 Å². The number of hydrogen-bond acceptors (Lipinski definition) is 3. The molecule has 0 aliphatic carbocycles. The Balaban J connectivity index is 1.80. The molecule has 4 nitrogen and oxygen atoms in total. The van der Waals surface area contributed by atoms with Crippen molar-refractivity contribution < 1.29 is 9.53 Å². The average Bonchev–Trinajstić information content (AvgIpc) is 2.50. The van der Waals surface area contributed by atoms with Crippen molar-refractivity contribution in [2.45, 2.75) is 0 Å². The number of carbonyl (C=O) groups is 1. The van der Waals surface area contributed by atoms with Crippen molar-refractivity contribution in [1.82, 2.24) is 5.43 Å². The summed E-state index contributed by atoms with van der Waals surface area (Å²) < 4.78 is 5.28. The van der Waals surface area contributed by atoms with Crippen molar-refractivity contribution in [2.24, 2.45) is 5.10 Å². The number of halogens is 3. The highest BCUT2D eigenvalue weighted by Gasteiger charge is 2.02. The highest BCUT2D eigenvalue weighted by Crippen LogP contribution is 2.21. The summed E-state index contributed by atoms with van der Waals surface area (Å²) in [7, 11) is 0. The van der Waals surface area contributed by atoms with Gasteiger partial charge in [-0.2, -0.15) is 5.10 Å². The van der Waals surface area contributed by atoms with Crippen molar-refractivity contribution in [3.05, 3.63) is 63.1 Å². The highest BCUT2D eigenvalue weighted by molar-refractivity contribution is 6.42. The molecule has 0 bridgehead atoms. The quantitative estimate of drug-likeness (QED) is 0.645. The first-order valence-corrected chi connectivity index (χ1v) is 7.33. The summed E-state index contributed by atoms with van der Waals surface area (Å²) in [6.45, 7) is -0.152. The Labute approximate surface area is 142 Å². The van der Waals surface area contributed by atoms with Gasteiger partial charge in [-0.15, -0.1) is 0 Å². The standard InChI is InChI=1S/C15H11Cl3N2O2/c16-11-2-4-12(5-3-11)22-9-15(21)20-19-8-10-1-6-13(17)14(18)7-10/h1-8H,9H2,(H,20,21)/b19-8+. The molecular formula is C15H11Cl3N2O2. The van der Waals surface area contributed by atoms with Crippen molar-refractivity contribution in [2.75, 3.05) is 6.61 Å². The minimum atomic E-state index is -0.383. The summed E-state index contributed by atoms with van der Waals surface area (Å²) in [4.78, 5) is 11.6. The molecule has 0 atom stereocenters. The molecule has 0 saturated carbocycles. The maximum absolute atomic E-state index is 11.6. The Kier molecular flexibility index (Phi) is 6.07. The lowest BCUT2D eigenvalue weighted by atomic mass is 10.2. The van der Waals surface area contributed by atoms with E-state index in [0.29, 0.717) is 26.4 Å². The number of amides is 1. The maximum atomic E-state index is 11.6. The first kappa shape index (κ1) is 16.6. The van der Waals surface area contributed by atoms with E-state index in [0.717, 1.165) is 0 Å². The smallest absolute Gasteiger partial charge is 0.277 e. The van der Waals surface area contributed by atoms with Gasteiger partial charge in [0, 0.05) is 5.02 Å². The molecule has 114 valence electrons. The van der Waals surface area contributed by atoms with Crippen LogP contribution in [0.1, 0.15) is 5.56 Å². The number of rotatable bonds is 5. The molecule has 22 heavy (non-hydrogen) atoms. The van der Waals surface area contributed by atoms with Crippen molar-refractivity contribution in [1.29, 1.82) is 0 Å². The van der Waals surface area contributed by atoms with E-state index < -0.39 is 0 Å². The molecule has 0 saturated heterocycles. The van der Waals surface area contributed by atoms with Crippen LogP contribution in [-0.2, 0) is 4.79 Å². The molecular weight excluding hydrogens is 347 g/mol. The summed E-state index contributed by atoms with van der Waals surface area (Å²) in [6, 6.07) is 11.7. The number of hydrazone groups is 1. The third-order valence-corrected chi connectivity index (χ3v) is 3.52. The monoisotopic (exact) mass is 356 g/mol. The van der Waals surface area contributed by atoms with Gasteiger partial charge in [-0.1, -0.05) is 40.9 Å². The first-order chi connectivity index (χ1) is 10.5. The molecule has 1 amide bonds. The van der Waals surface area contributed by atoms with E-state index in [-0.39, 0.29) is 12.5 Å². The van der Waals surface area contributed by atoms with E-state index >= 15 is 0 Å². The van der Waals surface area contributed by atoms with E-state index in [1.165, 1.54) is 6.21 Å². The Morgan fingerprint density at radius 1 is 1.09 bits per heavy atom. The number of hydrogen-bond donors (Lipinski definition) is 1. The number of benzene rings is 2. The van der Waals surface area contributed by atoms with Gasteiger partial charge in [-0.3, -0.25) is 4.79 Å². The van der Waals surface area contributed by atoms with Crippen LogP contribution in [0.5, 0.6) is 5.75 Å². The SMILES string of the molecule is O=C(COc1ccc(Cl)cc1)N/N=C/c1ccc(Cl)c(Cl)c1. The summed E-state index contributed by atoms with van der Waals surface area (Å²) >= 11 is 17.4. The molecule has 7 heteroatoms. The number of ether oxygens (including phenoxy) is 1. The van der Waals surface area contributed by atoms with Crippen molar-refractivity contribution >= 4 is 46.9 Å². The van der Waals surface area contributed by atoms with Gasteiger partial charge in [-0.25, -0.2) is 5.43 Å². The van der Waals surface area contributed by atoms with Crippen LogP contribution in [0.4, 0.5) is 0 Å². The van der Waals surface area contributed by atoms with Crippen LogP contribution < -0.4 is 10.2 Å². The van der Waals surface area contributed by atoms with Crippen LogP contribution in [0.15, 0.2) is 47.6 Å². The third-order valence-electron chi connectivity index (χ3n) is 2.53. The zero-order valence-electron chi connectivity index (χ0n) is 11.2. The van der Waals surface area contributed by atoms with Gasteiger partial charge in [0.15, 0.2) is 6.61 Å². The van der Waals surface area contributed by atoms with Crippen LogP contribution in [-0.4, -0.2) is 18.7 Å². The van der Waals surface area contributed by atoms with Crippen LogP contribution in [0.2, 0.25) is 15.1 Å². The summed E-state index contributed by atoms with van der Waals surface area (Å²) in [5, 5.41) is 5.29. The van der Waals surface area contributed by atoms with Gasteiger partial charge in [-0.05, 0) is 42.0 Å². The van der Waals surface area contributed by atoms with E-state index in [2.05, 4.69) is 10.5 Å². The lowest BCUT2D eigenvalue weighted by molar-refractivity contribution is -0.123. The maximum Gasteiger partial charge on any atom is 0.277 e. The zero-order valence-corrected chi connectivity index (χ0v) is 13.5. The second kappa shape index (κ2) is 8.03. The molecule has 0 radical (unpaired) electrons. The second-order valence-corrected chi connectivity index (χ2v) is 5.46. The summed E-state index contributed by atoms with van der Waals surface area (Å²) in [6.07, 6.45) is 1.46. The van der Waals surface area contributed by atoms with Gasteiger partial charge in [0.25, 0.3) is 5.91 Å². The van der Waals surface area contributed by atoms with Crippen LogP contribution >= 0.6 is 34.8 Å². The van der Waals surface area contributed by atoms with Gasteiger partial charge in [0.05, 0.1) is 16.3 Å². The van der Waals surface area contributed by atoms with Gasteiger partial charge < -0.3 is 4.74 Å². The molecule has 1 N–H and O–H groups in total. The van der Waals surface area contributed by atoms with Gasteiger partial charge in [0.1, 0.15) is 5.75 Å². The average molecular weight is 358 g/mol. The molecule has 0 aliphatic heterocycles. The Morgan fingerprint density at radius 2 is 1.82 bits per heavy atom. The lowest BCUT2D eigenvalue weighted by Gasteiger charge is -2.04. The zero-order chi connectivity index (χ0) is 15.9. The molecule has 0 spiro atoms. The van der Waals surface area contributed by atoms with Gasteiger partial charge >= 0.3 is 0 Å². The fraction of sp³-hybridized carbons (Fsp3) is 0.0667. The molecule has 0 heterocycles. The molecule has 2 rings (SSSR count). The molecule has 0 fully saturated rings. The molecule has 2 aromatic rings. The van der Waals surface area contributed by atoms with E-state index in [9.17, 15) is 4.79 Å². The fourth-order valence-electron chi connectivity index (χ4n) is 1.48. The summed E-state index contributed by atoms with van der Waals surface area (Å²) in [5.41, 5.74) is 3.07. The Bertz CT molecular complexity index is 688. The normalized spacial score (nSPS) is 10.7. The van der Waals surface area contributed by atoms with E-state index in [1.54, 1.807) is 42.5 Å². The van der Waals surface area contributed by atoms with Crippen molar-refractivity contribution in [3.63, 3.8) is 0 Å². The fourth-order valence-corrected chi connectivity index (χ4v) is 1.92. The van der Waals surface area contributed by atoms with Gasteiger partial charge in [0.2, 0.25) is 0 Å². The van der Waals surface area contributed by atoms with Crippen LogP contribution in [0.3, 0.4) is 0 Å². The van der Waals surface area contributed by atoms with Crippen LogP contribution in [0, 0.1) is 0 Å². The first-order valence-electron chi connectivity index (χ1n) is 6.20. The largest absolute Gasteiger partial charge is 0.484 e. The minimum Gasteiger partial charge on any atom is -0.484 e. The highest BCUT2D eigenvalue weighted by atomic mass is 35.5. The predicted molar refractivity (Wildman–Crippen MR) is 89.1 cm³/mol. The number of carbonyl (C=O) groups excluding carboxylic acids is 1. The number of nitrogens with zero attached hydrogens (tertiary/aromatic N) is 1. The molecule has 2 aromatic carbocycles. The second-order valence-electron chi connectivity index (χ2n) is 4.21.